The molecule has 4 atom stereocenters. The molecule has 38 heavy (non-hydrogen) atoms. The molecule has 0 aliphatic rings. The Morgan fingerprint density at radius 3 is 1.95 bits per heavy atom. The van der Waals surface area contributed by atoms with Crippen molar-refractivity contribution in [3.63, 3.8) is 0 Å². The van der Waals surface area contributed by atoms with E-state index in [1.54, 1.807) is 0 Å². The molecule has 0 aliphatic carbocycles. The predicted octanol–water partition coefficient (Wildman–Crippen LogP) is -1.71. The minimum atomic E-state index is -1.61. The molecule has 0 radical (unpaired) electrons. The van der Waals surface area contributed by atoms with Crippen LogP contribution in [0.5, 0.6) is 5.75 Å². The van der Waals surface area contributed by atoms with Gasteiger partial charge in [0.05, 0.1) is 12.5 Å². The summed E-state index contributed by atoms with van der Waals surface area (Å²) < 4.78 is 0. The number of thioether (sulfide) groups is 1. The van der Waals surface area contributed by atoms with Gasteiger partial charge < -0.3 is 42.7 Å². The fraction of sp³-hybridized carbons (Fsp3) is 0.478. The zero-order chi connectivity index (χ0) is 28.8. The first kappa shape index (κ1) is 32.2. The van der Waals surface area contributed by atoms with E-state index in [2.05, 4.69) is 16.0 Å². The van der Waals surface area contributed by atoms with Crippen LogP contribution in [0.4, 0.5) is 0 Å². The van der Waals surface area contributed by atoms with Gasteiger partial charge >= 0.3 is 11.9 Å². The maximum atomic E-state index is 13.2. The van der Waals surface area contributed by atoms with Crippen LogP contribution in [-0.4, -0.2) is 87.1 Å². The number of amides is 4. The lowest BCUT2D eigenvalue weighted by Gasteiger charge is -2.25. The van der Waals surface area contributed by atoms with Gasteiger partial charge in [0.25, 0.3) is 0 Å². The van der Waals surface area contributed by atoms with Crippen molar-refractivity contribution in [2.45, 2.75) is 56.3 Å². The van der Waals surface area contributed by atoms with Gasteiger partial charge in [-0.1, -0.05) is 12.1 Å². The van der Waals surface area contributed by atoms with Crippen LogP contribution in [0, 0.1) is 0 Å². The van der Waals surface area contributed by atoms with Crippen LogP contribution < -0.4 is 27.4 Å². The third kappa shape index (κ3) is 11.9. The average Bonchev–Trinajstić information content (AvgIpc) is 2.84. The van der Waals surface area contributed by atoms with E-state index in [1.165, 1.54) is 36.0 Å². The molecule has 1 aromatic rings. The Balaban J connectivity index is 3.12. The minimum Gasteiger partial charge on any atom is -0.508 e. The topological polar surface area (TPSA) is 251 Å². The van der Waals surface area contributed by atoms with Crippen LogP contribution in [-0.2, 0) is 35.2 Å². The number of carboxylic acids is 2. The summed E-state index contributed by atoms with van der Waals surface area (Å²) in [5.74, 6) is -5.81. The van der Waals surface area contributed by atoms with Crippen LogP contribution >= 0.6 is 11.8 Å². The Bertz CT molecular complexity index is 1010. The average molecular weight is 556 g/mol. The van der Waals surface area contributed by atoms with Crippen molar-refractivity contribution < 1.29 is 44.1 Å². The molecule has 210 valence electrons. The number of phenols is 1. The normalized spacial score (nSPS) is 13.8. The highest BCUT2D eigenvalue weighted by Gasteiger charge is 2.31. The van der Waals surface area contributed by atoms with Crippen molar-refractivity contribution >= 4 is 47.3 Å². The van der Waals surface area contributed by atoms with Crippen LogP contribution in [0.2, 0.25) is 0 Å². The molecule has 14 nitrogen and oxygen atoms in total. The number of primary amides is 1. The summed E-state index contributed by atoms with van der Waals surface area (Å²) in [6, 6.07) is 0.381. The van der Waals surface area contributed by atoms with Gasteiger partial charge in [0.15, 0.2) is 0 Å². The van der Waals surface area contributed by atoms with E-state index in [4.69, 9.17) is 16.6 Å². The second kappa shape index (κ2) is 16.1. The first-order valence-electron chi connectivity index (χ1n) is 11.5. The van der Waals surface area contributed by atoms with E-state index in [1.807, 2.05) is 6.26 Å². The Labute approximate surface area is 222 Å². The third-order valence-electron chi connectivity index (χ3n) is 5.28. The number of rotatable bonds is 17. The first-order valence-corrected chi connectivity index (χ1v) is 12.9. The van der Waals surface area contributed by atoms with Crippen LogP contribution in [0.1, 0.15) is 31.2 Å². The number of hydrogen-bond donors (Lipinski definition) is 8. The first-order chi connectivity index (χ1) is 17.8. The minimum absolute atomic E-state index is 0.0213. The summed E-state index contributed by atoms with van der Waals surface area (Å²) in [6.45, 7) is 0. The van der Waals surface area contributed by atoms with E-state index in [9.17, 15) is 39.0 Å². The molecule has 10 N–H and O–H groups in total. The van der Waals surface area contributed by atoms with Gasteiger partial charge in [-0.05, 0) is 42.5 Å². The van der Waals surface area contributed by atoms with E-state index in [0.29, 0.717) is 17.7 Å². The molecule has 1 rings (SSSR count). The molecule has 0 saturated heterocycles. The van der Waals surface area contributed by atoms with E-state index in [0.717, 1.165) is 0 Å². The molecular weight excluding hydrogens is 522 g/mol. The second-order valence-corrected chi connectivity index (χ2v) is 9.37. The van der Waals surface area contributed by atoms with E-state index >= 15 is 0 Å². The molecule has 1 aromatic carbocycles. The highest BCUT2D eigenvalue weighted by molar-refractivity contribution is 7.98. The maximum Gasteiger partial charge on any atom is 0.326 e. The van der Waals surface area contributed by atoms with Crippen LogP contribution in [0.15, 0.2) is 24.3 Å². The molecule has 0 spiro atoms. The summed E-state index contributed by atoms with van der Waals surface area (Å²) in [4.78, 5) is 72.4. The molecule has 0 bridgehead atoms. The summed E-state index contributed by atoms with van der Waals surface area (Å²) >= 11 is 1.48. The fourth-order valence-electron chi connectivity index (χ4n) is 3.21. The van der Waals surface area contributed by atoms with Gasteiger partial charge in [0.1, 0.15) is 23.9 Å². The zero-order valence-electron chi connectivity index (χ0n) is 20.7. The zero-order valence-corrected chi connectivity index (χ0v) is 21.5. The standard InChI is InChI=1S/C23H33N5O9S/c1-38-9-8-14(24)20(33)27-16(10-12-2-4-13(29)5-3-12)21(34)28-17(11-18(25)30)22(35)26-15(23(36)37)6-7-19(31)32/h2-5,14-17,29H,6-11,24H2,1H3,(H2,25,30)(H,26,35)(H,27,33)(H,28,34)(H,31,32)(H,36,37). The smallest absolute Gasteiger partial charge is 0.326 e. The summed E-state index contributed by atoms with van der Waals surface area (Å²) in [6.07, 6.45) is 0.402. The molecule has 0 aromatic heterocycles. The fourth-order valence-corrected chi connectivity index (χ4v) is 3.70. The van der Waals surface area contributed by atoms with Crippen molar-refractivity contribution in [1.29, 1.82) is 0 Å². The van der Waals surface area contributed by atoms with Crippen molar-refractivity contribution in [1.82, 2.24) is 16.0 Å². The number of aromatic hydroxyl groups is 1. The number of benzene rings is 1. The van der Waals surface area contributed by atoms with Crippen LogP contribution in [0.3, 0.4) is 0 Å². The summed E-state index contributed by atoms with van der Waals surface area (Å²) in [5, 5.41) is 34.5. The maximum absolute atomic E-state index is 13.2. The number of carbonyl (C=O) groups excluding carboxylic acids is 4. The lowest BCUT2D eigenvalue weighted by atomic mass is 10.0. The molecular formula is C23H33N5O9S. The molecule has 0 fully saturated rings. The molecule has 4 unspecified atom stereocenters. The van der Waals surface area contributed by atoms with Crippen molar-refractivity contribution in [3.05, 3.63) is 29.8 Å². The van der Waals surface area contributed by atoms with Gasteiger partial charge in [0.2, 0.25) is 23.6 Å². The Morgan fingerprint density at radius 2 is 1.42 bits per heavy atom. The number of phenolic OH excluding ortho intramolecular Hbond substituents is 1. The van der Waals surface area contributed by atoms with Crippen LogP contribution in [0.25, 0.3) is 0 Å². The van der Waals surface area contributed by atoms with Gasteiger partial charge in [-0.2, -0.15) is 11.8 Å². The van der Waals surface area contributed by atoms with Gasteiger partial charge in [-0.25, -0.2) is 4.79 Å². The second-order valence-electron chi connectivity index (χ2n) is 8.38. The van der Waals surface area contributed by atoms with Crippen molar-refractivity contribution in [2.24, 2.45) is 11.5 Å². The highest BCUT2D eigenvalue weighted by Crippen LogP contribution is 2.12. The summed E-state index contributed by atoms with van der Waals surface area (Å²) in [7, 11) is 0. The number of carbonyl (C=O) groups is 6. The number of hydrogen-bond acceptors (Lipinski definition) is 9. The lowest BCUT2D eigenvalue weighted by Crippen LogP contribution is -2.58. The van der Waals surface area contributed by atoms with Crippen molar-refractivity contribution in [2.75, 3.05) is 12.0 Å². The largest absolute Gasteiger partial charge is 0.508 e. The lowest BCUT2D eigenvalue weighted by molar-refractivity contribution is -0.143. The van der Waals surface area contributed by atoms with Gasteiger partial charge in [-0.3, -0.25) is 24.0 Å². The molecule has 0 aliphatic heterocycles. The molecule has 0 saturated carbocycles. The van der Waals surface area contributed by atoms with Crippen molar-refractivity contribution in [3.8, 4) is 5.75 Å². The third-order valence-corrected chi connectivity index (χ3v) is 5.92. The SMILES string of the molecule is CSCCC(N)C(=O)NC(Cc1ccc(O)cc1)C(=O)NC(CC(N)=O)C(=O)NC(CCC(=O)O)C(=O)O. The van der Waals surface area contributed by atoms with E-state index < -0.39 is 79.0 Å². The quantitative estimate of drug-likeness (QED) is 0.107. The summed E-state index contributed by atoms with van der Waals surface area (Å²) in [5.41, 5.74) is 11.6. The molecule has 15 heteroatoms. The Morgan fingerprint density at radius 1 is 0.868 bits per heavy atom. The Kier molecular flexibility index (Phi) is 13.6. The van der Waals surface area contributed by atoms with Gasteiger partial charge in [0, 0.05) is 12.8 Å². The molecule has 0 heterocycles. The predicted molar refractivity (Wildman–Crippen MR) is 137 cm³/mol. The van der Waals surface area contributed by atoms with E-state index in [-0.39, 0.29) is 12.2 Å². The van der Waals surface area contributed by atoms with Gasteiger partial charge in [-0.15, -0.1) is 0 Å². The number of nitrogens with one attached hydrogen (secondary N) is 3. The number of carboxylic acid groups (broad SMARTS) is 2. The number of nitrogens with two attached hydrogens (primary N) is 2. The molecule has 4 amide bonds. The Hall–Kier alpha value is -3.85. The number of aliphatic carboxylic acids is 2. The monoisotopic (exact) mass is 555 g/mol. The highest BCUT2D eigenvalue weighted by atomic mass is 32.2.